The molecule has 0 aliphatic rings. The van der Waals surface area contributed by atoms with E-state index in [1.54, 1.807) is 6.20 Å². The second kappa shape index (κ2) is 8.83. The van der Waals surface area contributed by atoms with Crippen molar-refractivity contribution in [1.82, 2.24) is 34.6 Å². The molecule has 0 saturated carbocycles. The van der Waals surface area contributed by atoms with Gasteiger partial charge in [0.2, 0.25) is 5.89 Å². The van der Waals surface area contributed by atoms with Gasteiger partial charge in [-0.05, 0) is 44.2 Å². The van der Waals surface area contributed by atoms with Gasteiger partial charge in [-0.25, -0.2) is 19.9 Å². The van der Waals surface area contributed by atoms with E-state index in [-0.39, 0.29) is 17.4 Å². The van der Waals surface area contributed by atoms with Crippen LogP contribution in [-0.4, -0.2) is 35.2 Å². The van der Waals surface area contributed by atoms with Gasteiger partial charge in [0, 0.05) is 23.3 Å². The van der Waals surface area contributed by atoms with E-state index in [4.69, 9.17) is 10.2 Å². The standard InChI is InChI=1S/C27H22N8O2/c1-15(21-20-7-3-4-12-35(20)16(2)32-21)31-26(36)24-25(28)34-23(27-30-11-13-37-27)22(33-24)18-8-9-19-17(14-18)6-5-10-29-19/h3-15H,1-2H3,(H2,28,34)(H,31,36). The lowest BCUT2D eigenvalue weighted by Gasteiger charge is -2.15. The van der Waals surface area contributed by atoms with Gasteiger partial charge in [-0.3, -0.25) is 9.78 Å². The quantitative estimate of drug-likeness (QED) is 0.363. The highest BCUT2D eigenvalue weighted by Crippen LogP contribution is 2.32. The molecule has 182 valence electrons. The molecular formula is C27H22N8O2. The molecule has 1 amide bonds. The molecular weight excluding hydrogens is 468 g/mol. The predicted octanol–water partition coefficient (Wildman–Crippen LogP) is 4.38. The number of aromatic nitrogens is 6. The maximum absolute atomic E-state index is 13.4. The number of fused-ring (bicyclic) bond motifs is 2. The fraction of sp³-hybridized carbons (Fsp3) is 0.111. The molecule has 10 nitrogen and oxygen atoms in total. The van der Waals surface area contributed by atoms with Crippen molar-refractivity contribution < 1.29 is 9.21 Å². The molecule has 3 N–H and O–H groups in total. The monoisotopic (exact) mass is 490 g/mol. The van der Waals surface area contributed by atoms with Gasteiger partial charge < -0.3 is 19.9 Å². The first-order chi connectivity index (χ1) is 18.0. The zero-order valence-corrected chi connectivity index (χ0v) is 20.1. The van der Waals surface area contributed by atoms with Gasteiger partial charge in [-0.15, -0.1) is 0 Å². The molecule has 0 radical (unpaired) electrons. The largest absolute Gasteiger partial charge is 0.443 e. The Balaban J connectivity index is 1.41. The Hall–Kier alpha value is -5.12. The maximum Gasteiger partial charge on any atom is 0.274 e. The molecule has 6 rings (SSSR count). The van der Waals surface area contributed by atoms with Crippen molar-refractivity contribution in [3.63, 3.8) is 0 Å². The lowest BCUT2D eigenvalue weighted by Crippen LogP contribution is -2.29. The molecule has 1 atom stereocenters. The van der Waals surface area contributed by atoms with Crippen LogP contribution in [0.5, 0.6) is 0 Å². The van der Waals surface area contributed by atoms with Crippen molar-refractivity contribution >= 4 is 28.1 Å². The molecule has 1 unspecified atom stereocenters. The SMILES string of the molecule is Cc1nc(C(C)NC(=O)c2nc(-c3ccc4ncccc4c3)c(-c3ncco3)nc2N)c2ccccn12. The number of nitrogens with one attached hydrogen (secondary N) is 1. The van der Waals surface area contributed by atoms with E-state index in [0.717, 1.165) is 33.5 Å². The number of anilines is 1. The number of imidazole rings is 1. The van der Waals surface area contributed by atoms with Crippen LogP contribution < -0.4 is 11.1 Å². The van der Waals surface area contributed by atoms with Crippen molar-refractivity contribution in [2.45, 2.75) is 19.9 Å². The number of hydrogen-bond acceptors (Lipinski definition) is 8. The van der Waals surface area contributed by atoms with Gasteiger partial charge in [0.1, 0.15) is 17.8 Å². The Bertz CT molecular complexity index is 1780. The highest BCUT2D eigenvalue weighted by Gasteiger charge is 2.24. The molecule has 5 heterocycles. The summed E-state index contributed by atoms with van der Waals surface area (Å²) in [5, 5.41) is 3.89. The maximum atomic E-state index is 13.4. The number of carbonyl (C=O) groups is 1. The topological polar surface area (TPSA) is 137 Å². The summed E-state index contributed by atoms with van der Waals surface area (Å²) in [4.78, 5) is 35.8. The molecule has 0 spiro atoms. The summed E-state index contributed by atoms with van der Waals surface area (Å²) >= 11 is 0. The molecule has 0 bridgehead atoms. The third-order valence-corrected chi connectivity index (χ3v) is 6.16. The third kappa shape index (κ3) is 3.94. The van der Waals surface area contributed by atoms with Gasteiger partial charge in [0.15, 0.2) is 17.2 Å². The third-order valence-electron chi connectivity index (χ3n) is 6.16. The van der Waals surface area contributed by atoms with Crippen LogP contribution in [0.15, 0.2) is 77.8 Å². The van der Waals surface area contributed by atoms with Gasteiger partial charge in [-0.1, -0.05) is 18.2 Å². The van der Waals surface area contributed by atoms with Crippen LogP contribution in [0.3, 0.4) is 0 Å². The molecule has 10 heteroatoms. The molecule has 0 aliphatic carbocycles. The van der Waals surface area contributed by atoms with Crippen molar-refractivity contribution in [2.24, 2.45) is 0 Å². The number of benzene rings is 1. The second-order valence-electron chi connectivity index (χ2n) is 8.60. The van der Waals surface area contributed by atoms with Crippen LogP contribution in [0.2, 0.25) is 0 Å². The summed E-state index contributed by atoms with van der Waals surface area (Å²) in [6, 6.07) is 14.9. The van der Waals surface area contributed by atoms with Gasteiger partial charge in [-0.2, -0.15) is 0 Å². The van der Waals surface area contributed by atoms with Crippen molar-refractivity contribution in [2.75, 3.05) is 5.73 Å². The Morgan fingerprint density at radius 2 is 1.92 bits per heavy atom. The fourth-order valence-electron chi connectivity index (χ4n) is 4.40. The number of nitrogens with two attached hydrogens (primary N) is 1. The van der Waals surface area contributed by atoms with Crippen LogP contribution in [0.4, 0.5) is 5.82 Å². The second-order valence-corrected chi connectivity index (χ2v) is 8.60. The van der Waals surface area contributed by atoms with Crippen molar-refractivity contribution in [3.8, 4) is 22.8 Å². The normalized spacial score (nSPS) is 12.2. The average molecular weight is 491 g/mol. The summed E-state index contributed by atoms with van der Waals surface area (Å²) in [7, 11) is 0. The Morgan fingerprint density at radius 1 is 1.03 bits per heavy atom. The summed E-state index contributed by atoms with van der Waals surface area (Å²) in [5.74, 6) is 0.583. The van der Waals surface area contributed by atoms with E-state index >= 15 is 0 Å². The first-order valence-electron chi connectivity index (χ1n) is 11.7. The van der Waals surface area contributed by atoms with E-state index in [0.29, 0.717) is 11.4 Å². The zero-order chi connectivity index (χ0) is 25.5. The van der Waals surface area contributed by atoms with E-state index in [1.165, 1.54) is 12.5 Å². The number of pyridine rings is 2. The number of hydrogen-bond donors (Lipinski definition) is 2. The number of aryl methyl sites for hydroxylation is 1. The molecule has 0 fully saturated rings. The van der Waals surface area contributed by atoms with Crippen LogP contribution in [0, 0.1) is 6.92 Å². The molecule has 1 aromatic carbocycles. The highest BCUT2D eigenvalue weighted by molar-refractivity contribution is 5.98. The average Bonchev–Trinajstić information content (AvgIpc) is 3.57. The van der Waals surface area contributed by atoms with E-state index < -0.39 is 11.9 Å². The highest BCUT2D eigenvalue weighted by atomic mass is 16.3. The minimum absolute atomic E-state index is 0.00340. The van der Waals surface area contributed by atoms with Gasteiger partial charge in [0.25, 0.3) is 5.91 Å². The number of rotatable bonds is 5. The summed E-state index contributed by atoms with van der Waals surface area (Å²) in [5.41, 5.74) is 10.2. The molecule has 37 heavy (non-hydrogen) atoms. The molecule has 5 aromatic heterocycles. The number of nitrogens with zero attached hydrogens (tertiary/aromatic N) is 6. The minimum atomic E-state index is -0.463. The number of oxazole rings is 1. The predicted molar refractivity (Wildman–Crippen MR) is 138 cm³/mol. The molecule has 0 saturated heterocycles. The van der Waals surface area contributed by atoms with E-state index in [1.807, 2.05) is 73.0 Å². The summed E-state index contributed by atoms with van der Waals surface area (Å²) in [6.45, 7) is 3.79. The molecule has 0 aliphatic heterocycles. The van der Waals surface area contributed by atoms with Crippen LogP contribution in [0.25, 0.3) is 39.3 Å². The minimum Gasteiger partial charge on any atom is -0.443 e. The smallest absolute Gasteiger partial charge is 0.274 e. The lowest BCUT2D eigenvalue weighted by molar-refractivity contribution is 0.0935. The Morgan fingerprint density at radius 3 is 2.76 bits per heavy atom. The van der Waals surface area contributed by atoms with Crippen LogP contribution in [0.1, 0.15) is 35.0 Å². The number of amides is 1. The zero-order valence-electron chi connectivity index (χ0n) is 20.1. The van der Waals surface area contributed by atoms with Crippen molar-refractivity contribution in [3.05, 3.63) is 90.6 Å². The first-order valence-corrected chi connectivity index (χ1v) is 11.7. The van der Waals surface area contributed by atoms with E-state index in [9.17, 15) is 4.79 Å². The summed E-state index contributed by atoms with van der Waals surface area (Å²) in [6.07, 6.45) is 6.63. The Kier molecular flexibility index (Phi) is 5.33. The number of carbonyl (C=O) groups excluding carboxylic acids is 1. The van der Waals surface area contributed by atoms with Gasteiger partial charge >= 0.3 is 0 Å². The van der Waals surface area contributed by atoms with Crippen molar-refractivity contribution in [1.29, 1.82) is 0 Å². The van der Waals surface area contributed by atoms with Crippen LogP contribution in [-0.2, 0) is 0 Å². The van der Waals surface area contributed by atoms with Crippen LogP contribution >= 0.6 is 0 Å². The fourth-order valence-corrected chi connectivity index (χ4v) is 4.40. The van der Waals surface area contributed by atoms with E-state index in [2.05, 4.69) is 30.2 Å². The lowest BCUT2D eigenvalue weighted by atomic mass is 10.1. The summed E-state index contributed by atoms with van der Waals surface area (Å²) < 4.78 is 7.47. The Labute approximate surface area is 211 Å². The number of nitrogen functional groups attached to an aromatic ring is 1. The first kappa shape index (κ1) is 22.4. The van der Waals surface area contributed by atoms with Gasteiger partial charge in [0.05, 0.1) is 29.0 Å². The molecule has 6 aromatic rings.